The first-order chi connectivity index (χ1) is 29.6. The van der Waals surface area contributed by atoms with Crippen LogP contribution in [-0.4, -0.2) is 50.2 Å². The van der Waals surface area contributed by atoms with Gasteiger partial charge in [-0.2, -0.15) is 0 Å². The number of benzene rings is 4. The Morgan fingerprint density at radius 1 is 0.770 bits per heavy atom. The Balaban J connectivity index is 1.10. The lowest BCUT2D eigenvalue weighted by Crippen LogP contribution is -2.28. The molecule has 2 aromatic heterocycles. The Morgan fingerprint density at radius 2 is 1.44 bits per heavy atom. The first-order valence-electron chi connectivity index (χ1n) is 21.5. The molecule has 0 aliphatic heterocycles. The number of carbonyl (C=O) groups is 3. The van der Waals surface area contributed by atoms with Gasteiger partial charge in [0.15, 0.2) is 0 Å². The van der Waals surface area contributed by atoms with E-state index >= 15 is 0 Å². The zero-order valence-corrected chi connectivity index (χ0v) is 36.6. The van der Waals surface area contributed by atoms with E-state index in [4.69, 9.17) is 24.2 Å². The van der Waals surface area contributed by atoms with Crippen LogP contribution in [0.3, 0.4) is 0 Å². The van der Waals surface area contributed by atoms with Crippen LogP contribution in [-0.2, 0) is 39.0 Å². The second kappa shape index (κ2) is 20.8. The summed E-state index contributed by atoms with van der Waals surface area (Å²) in [6.45, 7) is 12.8. The Hall–Kier alpha value is -6.29. The largest absolute Gasteiger partial charge is 0.462 e. The lowest BCUT2D eigenvalue weighted by Gasteiger charge is -2.19. The lowest BCUT2D eigenvalue weighted by atomic mass is 9.98. The highest BCUT2D eigenvalue weighted by molar-refractivity contribution is 5.97. The van der Waals surface area contributed by atoms with Gasteiger partial charge in [-0.05, 0) is 99.4 Å². The fraction of sp³-hybridized carbons (Fsp3) is 0.353. The fourth-order valence-electron chi connectivity index (χ4n) is 7.91. The van der Waals surface area contributed by atoms with E-state index in [-0.39, 0.29) is 13.2 Å². The van der Waals surface area contributed by atoms with Gasteiger partial charge in [-0.15, -0.1) is 0 Å². The number of imidazole rings is 2. The number of rotatable bonds is 18. The van der Waals surface area contributed by atoms with E-state index in [1.165, 1.54) is 6.92 Å². The second-order valence-corrected chi connectivity index (χ2v) is 15.4. The number of hydrogen-bond acceptors (Lipinski definition) is 8. The van der Waals surface area contributed by atoms with Gasteiger partial charge < -0.3 is 23.3 Å². The highest BCUT2D eigenvalue weighted by atomic mass is 16.5. The molecule has 2 heterocycles. The molecule has 6 aromatic rings. The van der Waals surface area contributed by atoms with Gasteiger partial charge in [-0.3, -0.25) is 4.79 Å². The molecule has 0 saturated carbocycles. The molecule has 61 heavy (non-hydrogen) atoms. The van der Waals surface area contributed by atoms with Crippen molar-refractivity contribution in [1.29, 1.82) is 0 Å². The highest BCUT2D eigenvalue weighted by Gasteiger charge is 2.23. The first kappa shape index (κ1) is 44.3. The van der Waals surface area contributed by atoms with E-state index in [1.807, 2.05) is 44.2 Å². The van der Waals surface area contributed by atoms with Gasteiger partial charge in [0.1, 0.15) is 17.8 Å². The normalized spacial score (nSPS) is 12.5. The summed E-state index contributed by atoms with van der Waals surface area (Å²) >= 11 is 0. The van der Waals surface area contributed by atoms with Gasteiger partial charge in [0.05, 0.1) is 46.1 Å². The van der Waals surface area contributed by atoms with E-state index in [1.54, 1.807) is 24.3 Å². The lowest BCUT2D eigenvalue weighted by molar-refractivity contribution is -0.147. The smallest absolute Gasteiger partial charge is 0.338 e. The molecule has 1 unspecified atom stereocenters. The molecule has 0 radical (unpaired) electrons. The summed E-state index contributed by atoms with van der Waals surface area (Å²) in [5.74, 6) is 0.702. The van der Waals surface area contributed by atoms with Crippen LogP contribution >= 0.6 is 0 Å². The van der Waals surface area contributed by atoms with Gasteiger partial charge in [0, 0.05) is 38.1 Å². The zero-order chi connectivity index (χ0) is 43.5. The quantitative estimate of drug-likeness (QED) is 0.0479. The number of fused-ring (bicyclic) bond motifs is 1. The number of aromatic nitrogens is 4. The number of ether oxygens (including phenoxy) is 3. The Kier molecular flexibility index (Phi) is 15.1. The van der Waals surface area contributed by atoms with E-state index in [2.05, 4.69) is 79.4 Å². The average molecular weight is 823 g/mol. The van der Waals surface area contributed by atoms with Crippen molar-refractivity contribution in [2.75, 3.05) is 13.2 Å². The number of nitrogens with zero attached hydrogens (tertiary/aromatic N) is 4. The number of unbranched alkanes of at least 4 members (excludes halogenated alkanes) is 2. The van der Waals surface area contributed by atoms with Gasteiger partial charge in [-0.1, -0.05) is 93.1 Å². The standard InChI is InChI=1S/C51H58N4O6/c1-8-12-24-46(61-35(6)56)40-21-14-16-23-42(40)51(58)60-30-18-17-29-59-50(57)41-22-15-13-20-39(41)37-27-25-36(26-28-37)33-55-45-32-38(31-34(5)48(45)53-47(55)19-9-2)49-52-43(10-3)44(11-4)54(49)7/h10-11,13-16,20-23,25-28,31-32,46H,8-9,12,17-19,24,29-30,33H2,1-7H3/b43-10+,44-11+. The maximum Gasteiger partial charge on any atom is 0.338 e. The summed E-state index contributed by atoms with van der Waals surface area (Å²) in [4.78, 5) is 48.4. The molecule has 4 aromatic carbocycles. The highest BCUT2D eigenvalue weighted by Crippen LogP contribution is 2.30. The molecule has 10 heteroatoms. The Morgan fingerprint density at radius 3 is 2.08 bits per heavy atom. The van der Waals surface area contributed by atoms with Gasteiger partial charge >= 0.3 is 17.9 Å². The van der Waals surface area contributed by atoms with Crippen LogP contribution in [0.5, 0.6) is 0 Å². The molecule has 6 rings (SSSR count). The summed E-state index contributed by atoms with van der Waals surface area (Å²) in [6.07, 6.45) is 8.92. The van der Waals surface area contributed by atoms with Crippen molar-refractivity contribution < 1.29 is 28.6 Å². The van der Waals surface area contributed by atoms with Crippen LogP contribution in [0.25, 0.3) is 45.7 Å². The average Bonchev–Trinajstić information content (AvgIpc) is 3.79. The summed E-state index contributed by atoms with van der Waals surface area (Å²) in [5.41, 5.74) is 8.60. The topological polar surface area (TPSA) is 115 Å². The third kappa shape index (κ3) is 10.4. The molecule has 318 valence electrons. The van der Waals surface area contributed by atoms with Crippen LogP contribution in [0.1, 0.15) is 122 Å². The third-order valence-electron chi connectivity index (χ3n) is 11.0. The van der Waals surface area contributed by atoms with Crippen molar-refractivity contribution in [3.63, 3.8) is 0 Å². The SMILES string of the molecule is C/C=c1/nc(-c2cc(C)c3nc(CCC)n(Cc4ccc(-c5ccccc5C(=O)OCCCCOC(=O)c5ccccc5C(CCCC)OC(C)=O)cc4)c3c2)n(C)/c1=C/C. The molecule has 0 aliphatic carbocycles. The molecule has 0 bridgehead atoms. The Labute approximate surface area is 358 Å². The minimum Gasteiger partial charge on any atom is -0.462 e. The van der Waals surface area contributed by atoms with Crippen molar-refractivity contribution in [3.05, 3.63) is 129 Å². The minimum absolute atomic E-state index is 0.165. The number of aryl methyl sites for hydroxylation is 2. The third-order valence-corrected chi connectivity index (χ3v) is 11.0. The molecule has 0 fully saturated rings. The molecule has 10 nitrogen and oxygen atoms in total. The van der Waals surface area contributed by atoms with Crippen molar-refractivity contribution in [1.82, 2.24) is 19.1 Å². The molecular formula is C51H58N4O6. The molecular weight excluding hydrogens is 765 g/mol. The maximum absolute atomic E-state index is 13.4. The summed E-state index contributed by atoms with van der Waals surface area (Å²) < 4.78 is 21.3. The van der Waals surface area contributed by atoms with Gasteiger partial charge in [0.2, 0.25) is 0 Å². The summed E-state index contributed by atoms with van der Waals surface area (Å²) in [6, 6.07) is 27.3. The van der Waals surface area contributed by atoms with Crippen LogP contribution in [0, 0.1) is 6.92 Å². The number of esters is 3. The zero-order valence-electron chi connectivity index (χ0n) is 36.6. The molecule has 0 amide bonds. The number of carbonyl (C=O) groups excluding carboxylic acids is 3. The van der Waals surface area contributed by atoms with E-state index in [0.717, 1.165) is 86.9 Å². The maximum atomic E-state index is 13.4. The first-order valence-corrected chi connectivity index (χ1v) is 21.5. The van der Waals surface area contributed by atoms with Crippen LogP contribution in [0.2, 0.25) is 0 Å². The molecule has 0 N–H and O–H groups in total. The minimum atomic E-state index is -0.512. The van der Waals surface area contributed by atoms with Crippen LogP contribution in [0.15, 0.2) is 84.9 Å². The monoisotopic (exact) mass is 822 g/mol. The molecule has 1 atom stereocenters. The van der Waals surface area contributed by atoms with E-state index in [9.17, 15) is 14.4 Å². The van der Waals surface area contributed by atoms with Crippen molar-refractivity contribution in [3.8, 4) is 22.5 Å². The second-order valence-electron chi connectivity index (χ2n) is 15.4. The predicted molar refractivity (Wildman–Crippen MR) is 241 cm³/mol. The number of hydrogen-bond donors (Lipinski definition) is 0. The molecule has 0 saturated heterocycles. The van der Waals surface area contributed by atoms with Crippen molar-refractivity contribution in [2.45, 2.75) is 99.1 Å². The Bertz CT molecular complexity index is 2620. The van der Waals surface area contributed by atoms with Gasteiger partial charge in [-0.25, -0.2) is 19.6 Å². The molecule has 0 spiro atoms. The predicted octanol–water partition coefficient (Wildman–Crippen LogP) is 9.60. The summed E-state index contributed by atoms with van der Waals surface area (Å²) in [7, 11) is 2.06. The molecule has 0 aliphatic rings. The van der Waals surface area contributed by atoms with Crippen molar-refractivity contribution >= 4 is 41.1 Å². The van der Waals surface area contributed by atoms with E-state index < -0.39 is 24.0 Å². The van der Waals surface area contributed by atoms with Crippen LogP contribution < -0.4 is 10.7 Å². The van der Waals surface area contributed by atoms with E-state index in [0.29, 0.717) is 42.5 Å². The fourth-order valence-corrected chi connectivity index (χ4v) is 7.91. The summed E-state index contributed by atoms with van der Waals surface area (Å²) in [5, 5.41) is 2.06. The van der Waals surface area contributed by atoms with Crippen molar-refractivity contribution in [2.24, 2.45) is 7.05 Å². The van der Waals surface area contributed by atoms with Gasteiger partial charge in [0.25, 0.3) is 0 Å². The van der Waals surface area contributed by atoms with Crippen LogP contribution in [0.4, 0.5) is 0 Å².